The van der Waals surface area contributed by atoms with Crippen LogP contribution in [0.2, 0.25) is 0 Å². The molecule has 0 spiro atoms. The zero-order valence-electron chi connectivity index (χ0n) is 6.59. The van der Waals surface area contributed by atoms with Gasteiger partial charge in [-0.3, -0.25) is 0 Å². The highest BCUT2D eigenvalue weighted by Gasteiger charge is 2.07. The maximum atomic E-state index is 10.7. The zero-order chi connectivity index (χ0) is 8.20. The largest absolute Gasteiger partial charge is 0.212 e. The highest BCUT2D eigenvalue weighted by atomic mass is 32.2. The topological polar surface area (TPSA) is 46.2 Å². The lowest BCUT2D eigenvalue weighted by molar-refractivity contribution is 0.600. The van der Waals surface area contributed by atoms with Gasteiger partial charge in [-0.1, -0.05) is 13.8 Å². The van der Waals surface area contributed by atoms with Gasteiger partial charge in [-0.05, 0) is 20.4 Å². The van der Waals surface area contributed by atoms with E-state index in [9.17, 15) is 8.42 Å². The Labute approximate surface area is 64.1 Å². The maximum Gasteiger partial charge on any atom is 0.212 e. The molecule has 0 bridgehead atoms. The molecule has 0 aliphatic heterocycles. The van der Waals surface area contributed by atoms with Crippen LogP contribution in [0.5, 0.6) is 0 Å². The molecule has 0 fully saturated rings. The summed E-state index contributed by atoms with van der Waals surface area (Å²) in [5.41, 5.74) is 0. The summed E-state index contributed by atoms with van der Waals surface area (Å²) < 4.78 is 23.9. The Morgan fingerprint density at radius 1 is 1.30 bits per heavy atom. The molecule has 0 aromatic carbocycles. The molecule has 0 saturated carbocycles. The highest BCUT2D eigenvalue weighted by Crippen LogP contribution is 2.29. The van der Waals surface area contributed by atoms with Crippen molar-refractivity contribution in [1.82, 2.24) is 4.49 Å². The lowest BCUT2D eigenvalue weighted by atomic mass is 11.0. The number of hydrogen-bond donors (Lipinski definition) is 1. The minimum absolute atomic E-state index is 0.482. The van der Waals surface area contributed by atoms with E-state index in [1.807, 2.05) is 13.8 Å². The van der Waals surface area contributed by atoms with E-state index in [2.05, 4.69) is 4.49 Å². The number of nitrogens with one attached hydrogen (secondary N) is 1. The van der Waals surface area contributed by atoms with Gasteiger partial charge in [0.05, 0.1) is 6.26 Å². The fourth-order valence-corrected chi connectivity index (χ4v) is 3.94. The molecule has 0 saturated heterocycles. The molecule has 0 unspecified atom stereocenters. The first kappa shape index (κ1) is 10.3. The molecule has 10 heavy (non-hydrogen) atoms. The van der Waals surface area contributed by atoms with E-state index < -0.39 is 18.1 Å². The average Bonchev–Trinajstić information content (AvgIpc) is 1.81. The summed E-state index contributed by atoms with van der Waals surface area (Å²) in [6.45, 7) is 3.99. The lowest BCUT2D eigenvalue weighted by Crippen LogP contribution is -2.17. The lowest BCUT2D eigenvalue weighted by Gasteiger charge is -2.11. The molecule has 3 nitrogen and oxygen atoms in total. The molecule has 0 rings (SSSR count). The van der Waals surface area contributed by atoms with Gasteiger partial charge in [-0.25, -0.2) is 8.42 Å². The van der Waals surface area contributed by atoms with E-state index in [1.54, 1.807) is 0 Å². The third-order valence-corrected chi connectivity index (χ3v) is 4.94. The van der Waals surface area contributed by atoms with Gasteiger partial charge < -0.3 is 0 Å². The number of sulfonamides is 1. The van der Waals surface area contributed by atoms with Crippen molar-refractivity contribution in [2.45, 2.75) is 13.8 Å². The molecule has 0 aliphatic rings. The van der Waals surface area contributed by atoms with E-state index >= 15 is 0 Å². The van der Waals surface area contributed by atoms with Crippen LogP contribution < -0.4 is 4.49 Å². The molecular formula is C5H14NO2PS. The second kappa shape index (κ2) is 4.27. The van der Waals surface area contributed by atoms with Crippen molar-refractivity contribution in [2.75, 3.05) is 18.6 Å². The molecular weight excluding hydrogens is 169 g/mol. The SMILES string of the molecule is CCP(CC)NS(C)(=O)=O. The zero-order valence-corrected chi connectivity index (χ0v) is 8.30. The summed E-state index contributed by atoms with van der Waals surface area (Å²) in [6, 6.07) is 0. The minimum Gasteiger partial charge on any atom is -0.212 e. The first-order valence-electron chi connectivity index (χ1n) is 3.22. The van der Waals surface area contributed by atoms with Crippen LogP contribution in [0.4, 0.5) is 0 Å². The second-order valence-electron chi connectivity index (χ2n) is 2.04. The molecule has 1 N–H and O–H groups in total. The smallest absolute Gasteiger partial charge is 0.212 e. The molecule has 5 heteroatoms. The maximum absolute atomic E-state index is 10.7. The molecule has 0 aliphatic carbocycles. The summed E-state index contributed by atoms with van der Waals surface area (Å²) in [5.74, 6) is 0. The van der Waals surface area contributed by atoms with Gasteiger partial charge in [0.25, 0.3) is 0 Å². The van der Waals surface area contributed by atoms with Crippen molar-refractivity contribution < 1.29 is 8.42 Å². The predicted molar refractivity (Wildman–Crippen MR) is 46.0 cm³/mol. The molecule has 62 valence electrons. The Morgan fingerprint density at radius 3 is 1.80 bits per heavy atom. The van der Waals surface area contributed by atoms with Crippen LogP contribution in [0, 0.1) is 0 Å². The third kappa shape index (κ3) is 5.15. The molecule has 0 heterocycles. The van der Waals surface area contributed by atoms with Crippen molar-refractivity contribution in [3.63, 3.8) is 0 Å². The van der Waals surface area contributed by atoms with Gasteiger partial charge in [0.1, 0.15) is 0 Å². The molecule has 0 amide bonds. The van der Waals surface area contributed by atoms with Crippen LogP contribution in [0.25, 0.3) is 0 Å². The summed E-state index contributed by atoms with van der Waals surface area (Å²) in [5, 5.41) is 0. The van der Waals surface area contributed by atoms with Gasteiger partial charge >= 0.3 is 0 Å². The van der Waals surface area contributed by atoms with E-state index in [0.717, 1.165) is 12.3 Å². The van der Waals surface area contributed by atoms with Gasteiger partial charge in [-0.15, -0.1) is 0 Å². The highest BCUT2D eigenvalue weighted by molar-refractivity contribution is 7.94. The molecule has 0 atom stereocenters. The monoisotopic (exact) mass is 183 g/mol. The van der Waals surface area contributed by atoms with Crippen LogP contribution in [0.1, 0.15) is 13.8 Å². The van der Waals surface area contributed by atoms with Gasteiger partial charge in [0, 0.05) is 0 Å². The van der Waals surface area contributed by atoms with Crippen LogP contribution in [-0.4, -0.2) is 27.0 Å². The Hall–Kier alpha value is 0.340. The fourth-order valence-electron chi connectivity index (χ4n) is 0.587. The number of hydrogen-bond acceptors (Lipinski definition) is 2. The Kier molecular flexibility index (Phi) is 4.41. The Bertz CT molecular complexity index is 174. The molecule has 0 aromatic heterocycles. The average molecular weight is 183 g/mol. The normalized spacial score (nSPS) is 12.4. The van der Waals surface area contributed by atoms with Gasteiger partial charge in [0.15, 0.2) is 0 Å². The summed E-state index contributed by atoms with van der Waals surface area (Å²) in [4.78, 5) is 0. The van der Waals surface area contributed by atoms with Crippen LogP contribution in [-0.2, 0) is 10.0 Å². The van der Waals surface area contributed by atoms with Crippen molar-refractivity contribution in [3.05, 3.63) is 0 Å². The van der Waals surface area contributed by atoms with Crippen LogP contribution >= 0.6 is 8.07 Å². The molecule has 0 aromatic rings. The van der Waals surface area contributed by atoms with Crippen LogP contribution in [0.3, 0.4) is 0 Å². The van der Waals surface area contributed by atoms with Gasteiger partial charge in [0.2, 0.25) is 10.0 Å². The standard InChI is InChI=1S/C5H14NO2PS/c1-4-9(5-2)6-10(3,7)8/h6H,4-5H2,1-3H3. The van der Waals surface area contributed by atoms with E-state index in [4.69, 9.17) is 0 Å². The molecule has 0 radical (unpaired) electrons. The first-order chi connectivity index (χ1) is 4.49. The summed E-state index contributed by atoms with van der Waals surface area (Å²) >= 11 is 0. The fraction of sp³-hybridized carbons (Fsp3) is 1.00. The Balaban J connectivity index is 3.87. The predicted octanol–water partition coefficient (Wildman–Crippen LogP) is 0.972. The third-order valence-electron chi connectivity index (χ3n) is 1.06. The van der Waals surface area contributed by atoms with Crippen molar-refractivity contribution in [2.24, 2.45) is 0 Å². The Morgan fingerprint density at radius 2 is 1.70 bits per heavy atom. The minimum atomic E-state index is -2.97. The van der Waals surface area contributed by atoms with Crippen molar-refractivity contribution in [3.8, 4) is 0 Å². The summed E-state index contributed by atoms with van der Waals surface area (Å²) in [7, 11) is -3.45. The van der Waals surface area contributed by atoms with E-state index in [-0.39, 0.29) is 0 Å². The van der Waals surface area contributed by atoms with Gasteiger partial charge in [-0.2, -0.15) is 4.49 Å². The summed E-state index contributed by atoms with van der Waals surface area (Å²) in [6.07, 6.45) is 3.03. The van der Waals surface area contributed by atoms with E-state index in [1.165, 1.54) is 6.26 Å². The number of rotatable bonds is 4. The first-order valence-corrected chi connectivity index (χ1v) is 6.82. The van der Waals surface area contributed by atoms with Crippen LogP contribution in [0.15, 0.2) is 0 Å². The van der Waals surface area contributed by atoms with E-state index in [0.29, 0.717) is 0 Å². The quantitative estimate of drug-likeness (QED) is 0.660. The van der Waals surface area contributed by atoms with Crippen molar-refractivity contribution in [1.29, 1.82) is 0 Å². The second-order valence-corrected chi connectivity index (χ2v) is 6.65. The van der Waals surface area contributed by atoms with Crippen molar-refractivity contribution >= 4 is 18.1 Å².